The van der Waals surface area contributed by atoms with Crippen molar-refractivity contribution in [2.75, 3.05) is 10.6 Å². The third kappa shape index (κ3) is 4.29. The van der Waals surface area contributed by atoms with Gasteiger partial charge in [0.25, 0.3) is 0 Å². The largest absolute Gasteiger partial charge is 0.450 e. The molecular formula is C20H12F5N5O2. The van der Waals surface area contributed by atoms with Crippen molar-refractivity contribution in [2.45, 2.75) is 6.18 Å². The second kappa shape index (κ2) is 8.13. The molecule has 4 rings (SSSR count). The first-order valence-electron chi connectivity index (χ1n) is 8.90. The van der Waals surface area contributed by atoms with Crippen LogP contribution in [-0.4, -0.2) is 21.0 Å². The SMILES string of the molecule is O=C(Nc1cccnc1)Nc1cc(F)c(Oc2ccnc3[nH]cc(C(F)(F)F)c23)c(F)c1. The Morgan fingerprint density at radius 2 is 1.75 bits per heavy atom. The maximum absolute atomic E-state index is 14.5. The van der Waals surface area contributed by atoms with Gasteiger partial charge in [-0.25, -0.2) is 18.6 Å². The van der Waals surface area contributed by atoms with Gasteiger partial charge in [0.1, 0.15) is 11.4 Å². The van der Waals surface area contributed by atoms with E-state index in [1.165, 1.54) is 12.4 Å². The molecule has 0 unspecified atom stereocenters. The molecule has 0 aliphatic rings. The monoisotopic (exact) mass is 449 g/mol. The summed E-state index contributed by atoms with van der Waals surface area (Å²) in [6.07, 6.45) is -0.0719. The Morgan fingerprint density at radius 3 is 2.41 bits per heavy atom. The molecule has 12 heteroatoms. The van der Waals surface area contributed by atoms with Gasteiger partial charge in [-0.1, -0.05) is 0 Å². The Balaban J connectivity index is 1.60. The lowest BCUT2D eigenvalue weighted by atomic mass is 10.2. The van der Waals surface area contributed by atoms with Crippen molar-refractivity contribution in [3.63, 3.8) is 0 Å². The van der Waals surface area contributed by atoms with E-state index in [-0.39, 0.29) is 11.3 Å². The van der Waals surface area contributed by atoms with Gasteiger partial charge in [-0.3, -0.25) is 4.98 Å². The molecule has 0 saturated carbocycles. The molecule has 3 aromatic heterocycles. The van der Waals surface area contributed by atoms with E-state index in [4.69, 9.17) is 4.74 Å². The van der Waals surface area contributed by atoms with Gasteiger partial charge in [-0.05, 0) is 18.2 Å². The molecule has 7 nitrogen and oxygen atoms in total. The van der Waals surface area contributed by atoms with Crippen molar-refractivity contribution < 1.29 is 31.5 Å². The minimum Gasteiger partial charge on any atom is -0.450 e. The number of carbonyl (C=O) groups is 1. The molecule has 3 heterocycles. The van der Waals surface area contributed by atoms with E-state index in [0.717, 1.165) is 24.4 Å². The summed E-state index contributed by atoms with van der Waals surface area (Å²) in [5, 5.41) is 4.18. The molecule has 4 aromatic rings. The average molecular weight is 449 g/mol. The molecule has 2 amide bonds. The van der Waals surface area contributed by atoms with Crippen LogP contribution in [0.3, 0.4) is 0 Å². The number of aromatic nitrogens is 3. The molecule has 0 radical (unpaired) electrons. The van der Waals surface area contributed by atoms with E-state index < -0.39 is 46.3 Å². The second-order valence-electron chi connectivity index (χ2n) is 6.42. The van der Waals surface area contributed by atoms with E-state index in [1.54, 1.807) is 12.1 Å². The molecule has 0 aliphatic heterocycles. The molecule has 164 valence electrons. The number of aromatic amines is 1. The zero-order chi connectivity index (χ0) is 22.9. The minimum atomic E-state index is -4.74. The van der Waals surface area contributed by atoms with Crippen molar-refractivity contribution >= 4 is 28.4 Å². The van der Waals surface area contributed by atoms with Gasteiger partial charge >= 0.3 is 12.2 Å². The summed E-state index contributed by atoms with van der Waals surface area (Å²) < 4.78 is 74.0. The molecule has 0 spiro atoms. The number of alkyl halides is 3. The number of carbonyl (C=O) groups excluding carboxylic acids is 1. The zero-order valence-electron chi connectivity index (χ0n) is 15.8. The fraction of sp³-hybridized carbons (Fsp3) is 0.0500. The van der Waals surface area contributed by atoms with Gasteiger partial charge in [0.2, 0.25) is 0 Å². The summed E-state index contributed by atoms with van der Waals surface area (Å²) in [4.78, 5) is 21.9. The van der Waals surface area contributed by atoms with Crippen LogP contribution < -0.4 is 15.4 Å². The number of amides is 2. The number of halogens is 5. The van der Waals surface area contributed by atoms with Crippen LogP contribution in [0.25, 0.3) is 11.0 Å². The quantitative estimate of drug-likeness (QED) is 0.349. The highest BCUT2D eigenvalue weighted by molar-refractivity contribution is 5.99. The molecular weight excluding hydrogens is 437 g/mol. The summed E-state index contributed by atoms with van der Waals surface area (Å²) in [7, 11) is 0. The highest BCUT2D eigenvalue weighted by Crippen LogP contribution is 2.40. The maximum Gasteiger partial charge on any atom is 0.418 e. The number of pyridine rings is 2. The standard InChI is InChI=1S/C20H12F5N5O2/c21-13-6-11(30-19(31)29-10-2-1-4-26-8-10)7-14(22)17(13)32-15-3-5-27-18-16(15)12(9-28-18)20(23,24)25/h1-9H,(H,27,28)(H2,29,30,31). The number of fused-ring (bicyclic) bond motifs is 1. The number of anilines is 2. The lowest BCUT2D eigenvalue weighted by Crippen LogP contribution is -2.19. The Kier molecular flexibility index (Phi) is 5.34. The number of rotatable bonds is 4. The maximum atomic E-state index is 14.5. The highest BCUT2D eigenvalue weighted by atomic mass is 19.4. The average Bonchev–Trinajstić information content (AvgIpc) is 3.17. The first kappa shape index (κ1) is 21.0. The lowest BCUT2D eigenvalue weighted by Gasteiger charge is -2.13. The van der Waals surface area contributed by atoms with Gasteiger partial charge < -0.3 is 20.4 Å². The predicted octanol–water partition coefficient (Wildman–Crippen LogP) is 5.69. The van der Waals surface area contributed by atoms with Gasteiger partial charge in [0.05, 0.1) is 22.8 Å². The van der Waals surface area contributed by atoms with Crippen LogP contribution in [0.4, 0.5) is 38.1 Å². The molecule has 32 heavy (non-hydrogen) atoms. The van der Waals surface area contributed by atoms with Crippen molar-refractivity contribution in [1.29, 1.82) is 0 Å². The number of nitrogens with zero attached hydrogens (tertiary/aromatic N) is 2. The smallest absolute Gasteiger partial charge is 0.418 e. The van der Waals surface area contributed by atoms with Crippen LogP contribution in [0, 0.1) is 11.6 Å². The zero-order valence-corrected chi connectivity index (χ0v) is 15.8. The third-order valence-corrected chi connectivity index (χ3v) is 4.23. The van der Waals surface area contributed by atoms with Gasteiger partial charge in [-0.2, -0.15) is 13.2 Å². The molecule has 0 bridgehead atoms. The fourth-order valence-electron chi connectivity index (χ4n) is 2.90. The Hall–Kier alpha value is -4.22. The molecule has 0 saturated heterocycles. The van der Waals surface area contributed by atoms with Gasteiger partial charge in [0, 0.05) is 36.4 Å². The molecule has 1 aromatic carbocycles. The van der Waals surface area contributed by atoms with E-state index in [1.807, 2.05) is 0 Å². The lowest BCUT2D eigenvalue weighted by molar-refractivity contribution is -0.136. The summed E-state index contributed by atoms with van der Waals surface area (Å²) in [6.45, 7) is 0. The summed E-state index contributed by atoms with van der Waals surface area (Å²) in [6, 6.07) is 4.92. The number of hydrogen-bond donors (Lipinski definition) is 3. The van der Waals surface area contributed by atoms with Crippen LogP contribution in [0.5, 0.6) is 11.5 Å². The number of nitrogens with one attached hydrogen (secondary N) is 3. The van der Waals surface area contributed by atoms with Crippen molar-refractivity contribution in [1.82, 2.24) is 15.0 Å². The molecule has 3 N–H and O–H groups in total. The van der Waals surface area contributed by atoms with Crippen molar-refractivity contribution in [3.8, 4) is 11.5 Å². The van der Waals surface area contributed by atoms with E-state index in [0.29, 0.717) is 11.9 Å². The van der Waals surface area contributed by atoms with Gasteiger partial charge in [-0.15, -0.1) is 0 Å². The normalized spacial score (nSPS) is 11.4. The molecule has 0 fully saturated rings. The first-order chi connectivity index (χ1) is 15.2. The number of urea groups is 1. The van der Waals surface area contributed by atoms with Crippen LogP contribution in [0.2, 0.25) is 0 Å². The van der Waals surface area contributed by atoms with Crippen molar-refractivity contribution in [2.24, 2.45) is 0 Å². The van der Waals surface area contributed by atoms with Crippen molar-refractivity contribution in [3.05, 3.63) is 72.3 Å². The second-order valence-corrected chi connectivity index (χ2v) is 6.42. The fourth-order valence-corrected chi connectivity index (χ4v) is 2.90. The molecule has 0 atom stereocenters. The number of hydrogen-bond acceptors (Lipinski definition) is 4. The Labute approximate surface area is 176 Å². The van der Waals surface area contributed by atoms with E-state index in [9.17, 15) is 26.7 Å². The third-order valence-electron chi connectivity index (χ3n) is 4.23. The predicted molar refractivity (Wildman–Crippen MR) is 104 cm³/mol. The summed E-state index contributed by atoms with van der Waals surface area (Å²) in [5.74, 6) is -3.87. The van der Waals surface area contributed by atoms with Gasteiger partial charge in [0.15, 0.2) is 17.4 Å². The van der Waals surface area contributed by atoms with E-state index in [2.05, 4.69) is 25.6 Å². The number of benzene rings is 1. The van der Waals surface area contributed by atoms with Crippen LogP contribution in [0.1, 0.15) is 5.56 Å². The van der Waals surface area contributed by atoms with Crippen LogP contribution >= 0.6 is 0 Å². The molecule has 0 aliphatic carbocycles. The Bertz CT molecular complexity index is 1270. The highest BCUT2D eigenvalue weighted by Gasteiger charge is 2.35. The first-order valence-corrected chi connectivity index (χ1v) is 8.90. The Morgan fingerprint density at radius 1 is 1.03 bits per heavy atom. The number of H-pyrrole nitrogens is 1. The summed E-state index contributed by atoms with van der Waals surface area (Å²) in [5.41, 5.74) is -1.16. The summed E-state index contributed by atoms with van der Waals surface area (Å²) >= 11 is 0. The van der Waals surface area contributed by atoms with E-state index >= 15 is 0 Å². The topological polar surface area (TPSA) is 91.9 Å². The van der Waals surface area contributed by atoms with Crippen LogP contribution in [-0.2, 0) is 6.18 Å². The van der Waals surface area contributed by atoms with Crippen LogP contribution in [0.15, 0.2) is 55.1 Å². The number of ether oxygens (including phenoxy) is 1. The minimum absolute atomic E-state index is 0.166.